The minimum absolute atomic E-state index is 0. The predicted molar refractivity (Wildman–Crippen MR) is 145 cm³/mol. The average Bonchev–Trinajstić information content (AvgIpc) is 2.83. The van der Waals surface area contributed by atoms with Gasteiger partial charge in [-0.15, -0.1) is 35.6 Å². The van der Waals surface area contributed by atoms with Crippen molar-refractivity contribution in [3.05, 3.63) is 78.4 Å². The van der Waals surface area contributed by atoms with E-state index in [0.717, 1.165) is 38.7 Å². The van der Waals surface area contributed by atoms with Crippen molar-refractivity contribution >= 4 is 74.8 Å². The maximum absolute atomic E-state index is 12.2. The summed E-state index contributed by atoms with van der Waals surface area (Å²) < 4.78 is 0. The number of fused-ring (bicyclic) bond motifs is 2. The highest BCUT2D eigenvalue weighted by molar-refractivity contribution is 6.18. The average molecular weight is 519 g/mol. The topological polar surface area (TPSA) is 65.5 Å². The van der Waals surface area contributed by atoms with Crippen LogP contribution in [0.25, 0.3) is 21.8 Å². The molecule has 2 N–H and O–H groups in total. The highest BCUT2D eigenvalue weighted by atomic mass is 35.5. The van der Waals surface area contributed by atoms with Gasteiger partial charge in [-0.05, 0) is 29.8 Å². The van der Waals surface area contributed by atoms with Crippen LogP contribution in [0, 0.1) is 0 Å². The van der Waals surface area contributed by atoms with Crippen LogP contribution in [-0.2, 0) is 11.2 Å². The van der Waals surface area contributed by atoms with Crippen molar-refractivity contribution in [2.45, 2.75) is 12.5 Å². The van der Waals surface area contributed by atoms with E-state index in [9.17, 15) is 9.90 Å². The zero-order valence-electron chi connectivity index (χ0n) is 18.5. The molecule has 8 heteroatoms. The lowest BCUT2D eigenvalue weighted by molar-refractivity contribution is -0.137. The van der Waals surface area contributed by atoms with Crippen LogP contribution in [0.5, 0.6) is 0 Å². The molecule has 4 rings (SSSR count). The summed E-state index contributed by atoms with van der Waals surface area (Å²) in [5.74, 6) is 0.115. The van der Waals surface area contributed by atoms with Crippen LogP contribution in [0.1, 0.15) is 5.56 Å². The Hall–Kier alpha value is -2.73. The Balaban J connectivity index is 0.00000324. The number of carboxylic acids is 1. The number of para-hydroxylation sites is 2. The Morgan fingerprint density at radius 1 is 0.882 bits per heavy atom. The molecular weight excluding hydrogens is 493 g/mol. The fourth-order valence-electron chi connectivity index (χ4n) is 4.02. The summed E-state index contributed by atoms with van der Waals surface area (Å²) in [6.07, 6.45) is 0.339. The summed E-state index contributed by atoms with van der Waals surface area (Å²) in [5.41, 5.74) is 4.39. The van der Waals surface area contributed by atoms with Crippen LogP contribution in [-0.4, -0.2) is 47.0 Å². The number of benzene rings is 3. The van der Waals surface area contributed by atoms with Gasteiger partial charge in [-0.1, -0.05) is 48.5 Å². The van der Waals surface area contributed by atoms with Crippen molar-refractivity contribution in [3.8, 4) is 0 Å². The van der Waals surface area contributed by atoms with Crippen molar-refractivity contribution in [1.82, 2.24) is 4.98 Å². The molecule has 1 aromatic heterocycles. The summed E-state index contributed by atoms with van der Waals surface area (Å²) in [7, 11) is 0. The number of nitrogens with zero attached hydrogens (tertiary/aromatic N) is 2. The summed E-state index contributed by atoms with van der Waals surface area (Å²) in [4.78, 5) is 19.0. The maximum atomic E-state index is 12.2. The number of rotatable bonds is 10. The molecular formula is C26H26Cl3N3O2. The van der Waals surface area contributed by atoms with Gasteiger partial charge in [0, 0.05) is 47.7 Å². The first kappa shape index (κ1) is 25.9. The van der Waals surface area contributed by atoms with Crippen LogP contribution in [0.4, 0.5) is 11.4 Å². The normalized spacial score (nSPS) is 11.7. The molecule has 0 saturated heterocycles. The third kappa shape index (κ3) is 5.84. The van der Waals surface area contributed by atoms with Gasteiger partial charge in [0.25, 0.3) is 0 Å². The van der Waals surface area contributed by atoms with E-state index in [2.05, 4.69) is 10.2 Å². The maximum Gasteiger partial charge on any atom is 0.326 e. The second-order valence-electron chi connectivity index (χ2n) is 7.79. The number of alkyl halides is 2. The monoisotopic (exact) mass is 517 g/mol. The molecule has 5 nitrogen and oxygen atoms in total. The zero-order valence-corrected chi connectivity index (χ0v) is 20.8. The number of pyridine rings is 1. The molecule has 4 aromatic rings. The SMILES string of the molecule is Cl.O=C(O)[C@H](Cc1ccc(N(CCCl)CCCl)cc1)Nc1c2ccccc2nc2ccccc12. The molecule has 0 saturated carbocycles. The predicted octanol–water partition coefficient (Wildman–Crippen LogP) is 6.20. The number of carboxylic acid groups (broad SMARTS) is 1. The molecule has 0 bridgehead atoms. The Morgan fingerprint density at radius 3 is 1.91 bits per heavy atom. The molecule has 0 aliphatic heterocycles. The van der Waals surface area contributed by atoms with Gasteiger partial charge in [0.05, 0.1) is 16.7 Å². The number of hydrogen-bond acceptors (Lipinski definition) is 4. The van der Waals surface area contributed by atoms with Gasteiger partial charge < -0.3 is 15.3 Å². The van der Waals surface area contributed by atoms with E-state index >= 15 is 0 Å². The van der Waals surface area contributed by atoms with Crippen molar-refractivity contribution in [2.75, 3.05) is 35.1 Å². The molecule has 0 unspecified atom stereocenters. The lowest BCUT2D eigenvalue weighted by Crippen LogP contribution is -2.32. The van der Waals surface area contributed by atoms with Gasteiger partial charge in [-0.3, -0.25) is 0 Å². The van der Waals surface area contributed by atoms with Crippen LogP contribution < -0.4 is 10.2 Å². The first-order valence-corrected chi connectivity index (χ1v) is 11.9. The molecule has 178 valence electrons. The number of halogens is 3. The minimum atomic E-state index is -0.907. The first-order chi connectivity index (χ1) is 16.1. The molecule has 0 aliphatic carbocycles. The van der Waals surface area contributed by atoms with Crippen molar-refractivity contribution in [2.24, 2.45) is 0 Å². The van der Waals surface area contributed by atoms with Gasteiger partial charge in [-0.2, -0.15) is 0 Å². The van der Waals surface area contributed by atoms with Gasteiger partial charge >= 0.3 is 5.97 Å². The Kier molecular flexibility index (Phi) is 9.22. The number of aromatic nitrogens is 1. The number of aliphatic carboxylic acids is 1. The van der Waals surface area contributed by atoms with E-state index in [4.69, 9.17) is 28.2 Å². The number of anilines is 2. The highest BCUT2D eigenvalue weighted by Crippen LogP contribution is 2.31. The van der Waals surface area contributed by atoms with Crippen molar-refractivity contribution < 1.29 is 9.90 Å². The van der Waals surface area contributed by atoms with Crippen LogP contribution >= 0.6 is 35.6 Å². The lowest BCUT2D eigenvalue weighted by Gasteiger charge is -2.23. The molecule has 0 amide bonds. The van der Waals surface area contributed by atoms with E-state index in [1.807, 2.05) is 72.8 Å². The largest absolute Gasteiger partial charge is 0.480 e. The third-order valence-corrected chi connectivity index (χ3v) is 5.99. The third-order valence-electron chi connectivity index (χ3n) is 5.65. The minimum Gasteiger partial charge on any atom is -0.480 e. The summed E-state index contributed by atoms with van der Waals surface area (Å²) in [5, 5.41) is 15.1. The highest BCUT2D eigenvalue weighted by Gasteiger charge is 2.21. The quantitative estimate of drug-likeness (QED) is 0.193. The summed E-state index contributed by atoms with van der Waals surface area (Å²) in [6, 6.07) is 22.7. The Bertz CT molecular complexity index is 1190. The first-order valence-electron chi connectivity index (χ1n) is 10.8. The Labute approximate surface area is 215 Å². The lowest BCUT2D eigenvalue weighted by atomic mass is 10.0. The van der Waals surface area contributed by atoms with Gasteiger partial charge in [0.1, 0.15) is 6.04 Å². The van der Waals surface area contributed by atoms with E-state index in [0.29, 0.717) is 31.3 Å². The smallest absolute Gasteiger partial charge is 0.326 e. The van der Waals surface area contributed by atoms with Gasteiger partial charge in [-0.25, -0.2) is 9.78 Å². The number of carbonyl (C=O) groups is 1. The van der Waals surface area contributed by atoms with E-state index < -0.39 is 12.0 Å². The number of hydrogen-bond donors (Lipinski definition) is 2. The van der Waals surface area contributed by atoms with Crippen LogP contribution in [0.3, 0.4) is 0 Å². The molecule has 3 aromatic carbocycles. The summed E-state index contributed by atoms with van der Waals surface area (Å²) >= 11 is 11.8. The number of nitrogens with one attached hydrogen (secondary N) is 1. The second kappa shape index (κ2) is 12.1. The second-order valence-corrected chi connectivity index (χ2v) is 8.55. The molecule has 1 atom stereocenters. The Morgan fingerprint density at radius 2 is 1.41 bits per heavy atom. The molecule has 0 radical (unpaired) electrons. The zero-order chi connectivity index (χ0) is 23.2. The molecule has 0 spiro atoms. The van der Waals surface area contributed by atoms with Gasteiger partial charge in [0.15, 0.2) is 0 Å². The molecule has 0 fully saturated rings. The van der Waals surface area contributed by atoms with E-state index in [1.165, 1.54) is 0 Å². The van der Waals surface area contributed by atoms with Crippen LogP contribution in [0.2, 0.25) is 0 Å². The molecule has 0 aliphatic rings. The van der Waals surface area contributed by atoms with E-state index in [-0.39, 0.29) is 12.4 Å². The van der Waals surface area contributed by atoms with Crippen molar-refractivity contribution in [1.29, 1.82) is 0 Å². The standard InChI is InChI=1S/C26H25Cl2N3O2.ClH/c27-13-15-31(16-14-28)19-11-9-18(10-12-19)17-24(26(32)33)30-25-20-5-1-3-7-22(20)29-23-8-4-2-6-21(23)25;/h1-12,24H,13-17H2,(H,29,30)(H,32,33);1H/t24-;/m0./s1. The fourth-order valence-corrected chi connectivity index (χ4v) is 4.43. The van der Waals surface area contributed by atoms with E-state index in [1.54, 1.807) is 0 Å². The van der Waals surface area contributed by atoms with Crippen LogP contribution in [0.15, 0.2) is 72.8 Å². The molecule has 34 heavy (non-hydrogen) atoms. The van der Waals surface area contributed by atoms with Crippen molar-refractivity contribution in [3.63, 3.8) is 0 Å². The summed E-state index contributed by atoms with van der Waals surface area (Å²) in [6.45, 7) is 1.41. The fraction of sp³-hybridized carbons (Fsp3) is 0.231. The molecule has 1 heterocycles. The van der Waals surface area contributed by atoms with Gasteiger partial charge in [0.2, 0.25) is 0 Å².